The van der Waals surface area contributed by atoms with Crippen molar-refractivity contribution in [2.45, 2.75) is 31.9 Å². The molecule has 0 aromatic heterocycles. The summed E-state index contributed by atoms with van der Waals surface area (Å²) in [5, 5.41) is 3.06. The summed E-state index contributed by atoms with van der Waals surface area (Å²) < 4.78 is 11.4. The van der Waals surface area contributed by atoms with Gasteiger partial charge in [-0.2, -0.15) is 0 Å². The molecule has 1 N–H and O–H groups in total. The molecule has 0 bridgehead atoms. The molecule has 0 spiro atoms. The summed E-state index contributed by atoms with van der Waals surface area (Å²) in [6.07, 6.45) is 1.49. The zero-order valence-corrected chi connectivity index (χ0v) is 13.4. The monoisotopic (exact) mass is 341 g/mol. The van der Waals surface area contributed by atoms with Crippen molar-refractivity contribution >= 4 is 21.8 Å². The van der Waals surface area contributed by atoms with Crippen LogP contribution < -0.4 is 5.32 Å². The maximum absolute atomic E-state index is 12.1. The molecule has 2 rings (SSSR count). The molecule has 5 heteroatoms. The van der Waals surface area contributed by atoms with Gasteiger partial charge in [0, 0.05) is 11.6 Å². The third kappa shape index (κ3) is 3.81. The number of halogens is 1. The SMILES string of the molecule is COCCOC(C)C(=O)NC1CCc2cc(Br)ccc21. The van der Waals surface area contributed by atoms with Gasteiger partial charge in [0.25, 0.3) is 0 Å². The molecule has 20 heavy (non-hydrogen) atoms. The van der Waals surface area contributed by atoms with Gasteiger partial charge in [0.05, 0.1) is 19.3 Å². The highest BCUT2D eigenvalue weighted by Gasteiger charge is 2.25. The summed E-state index contributed by atoms with van der Waals surface area (Å²) >= 11 is 3.47. The van der Waals surface area contributed by atoms with Crippen LogP contribution in [-0.2, 0) is 20.7 Å². The minimum atomic E-state index is -0.454. The molecular weight excluding hydrogens is 322 g/mol. The second kappa shape index (κ2) is 7.20. The minimum Gasteiger partial charge on any atom is -0.382 e. The molecule has 1 aromatic rings. The molecule has 1 aromatic carbocycles. The van der Waals surface area contributed by atoms with E-state index in [0.29, 0.717) is 13.2 Å². The first-order valence-electron chi connectivity index (χ1n) is 6.81. The molecule has 2 atom stereocenters. The van der Waals surface area contributed by atoms with Gasteiger partial charge < -0.3 is 14.8 Å². The fraction of sp³-hybridized carbons (Fsp3) is 0.533. The van der Waals surface area contributed by atoms with Crippen LogP contribution in [0.1, 0.15) is 30.5 Å². The number of benzene rings is 1. The number of fused-ring (bicyclic) bond motifs is 1. The molecule has 1 aliphatic carbocycles. The van der Waals surface area contributed by atoms with Gasteiger partial charge in [-0.25, -0.2) is 0 Å². The number of amides is 1. The summed E-state index contributed by atoms with van der Waals surface area (Å²) in [6.45, 7) is 2.69. The van der Waals surface area contributed by atoms with Crippen molar-refractivity contribution in [1.82, 2.24) is 5.32 Å². The van der Waals surface area contributed by atoms with E-state index in [4.69, 9.17) is 9.47 Å². The van der Waals surface area contributed by atoms with Crippen LogP contribution in [0.5, 0.6) is 0 Å². The Morgan fingerprint density at radius 1 is 1.50 bits per heavy atom. The Morgan fingerprint density at radius 3 is 3.05 bits per heavy atom. The Morgan fingerprint density at radius 2 is 2.30 bits per heavy atom. The van der Waals surface area contributed by atoms with Gasteiger partial charge in [-0.05, 0) is 43.0 Å². The normalized spacial score (nSPS) is 18.6. The van der Waals surface area contributed by atoms with Crippen LogP contribution in [0.3, 0.4) is 0 Å². The zero-order chi connectivity index (χ0) is 14.5. The second-order valence-corrected chi connectivity index (χ2v) is 5.86. The number of hydrogen-bond acceptors (Lipinski definition) is 3. The molecule has 0 saturated heterocycles. The molecule has 0 saturated carbocycles. The number of carbonyl (C=O) groups is 1. The first-order chi connectivity index (χ1) is 9.61. The average Bonchev–Trinajstić information content (AvgIpc) is 2.81. The van der Waals surface area contributed by atoms with Gasteiger partial charge in [-0.15, -0.1) is 0 Å². The average molecular weight is 342 g/mol. The topological polar surface area (TPSA) is 47.6 Å². The fourth-order valence-electron chi connectivity index (χ4n) is 2.41. The van der Waals surface area contributed by atoms with E-state index in [1.165, 1.54) is 11.1 Å². The van der Waals surface area contributed by atoms with E-state index in [1.54, 1.807) is 14.0 Å². The predicted octanol–water partition coefficient (Wildman–Crippen LogP) is 2.60. The van der Waals surface area contributed by atoms with Crippen molar-refractivity contribution in [1.29, 1.82) is 0 Å². The van der Waals surface area contributed by atoms with Crippen LogP contribution in [0.15, 0.2) is 22.7 Å². The van der Waals surface area contributed by atoms with E-state index in [1.807, 2.05) is 6.07 Å². The number of methoxy groups -OCH3 is 1. The highest BCUT2D eigenvalue weighted by Crippen LogP contribution is 2.32. The number of nitrogens with one attached hydrogen (secondary N) is 1. The summed E-state index contributed by atoms with van der Waals surface area (Å²) in [4.78, 5) is 12.1. The summed E-state index contributed by atoms with van der Waals surface area (Å²) in [7, 11) is 1.61. The number of carbonyl (C=O) groups excluding carboxylic acids is 1. The maximum Gasteiger partial charge on any atom is 0.249 e. The van der Waals surface area contributed by atoms with Gasteiger partial charge in [0.15, 0.2) is 0 Å². The lowest BCUT2D eigenvalue weighted by molar-refractivity contribution is -0.133. The number of rotatable bonds is 6. The van der Waals surface area contributed by atoms with Gasteiger partial charge in [-0.3, -0.25) is 4.79 Å². The highest BCUT2D eigenvalue weighted by molar-refractivity contribution is 9.10. The standard InChI is InChI=1S/C15H20BrNO3/c1-10(20-8-7-19-2)15(18)17-14-6-3-11-9-12(16)4-5-13(11)14/h4-5,9-10,14H,3,6-8H2,1-2H3,(H,17,18). The Hall–Kier alpha value is -0.910. The molecule has 1 amide bonds. The first kappa shape index (κ1) is 15.5. The van der Waals surface area contributed by atoms with Crippen molar-refractivity contribution in [3.8, 4) is 0 Å². The molecule has 0 heterocycles. The van der Waals surface area contributed by atoms with Crippen molar-refractivity contribution < 1.29 is 14.3 Å². The summed E-state index contributed by atoms with van der Waals surface area (Å²) in [5.74, 6) is -0.0677. The lowest BCUT2D eigenvalue weighted by Gasteiger charge is -2.18. The smallest absolute Gasteiger partial charge is 0.249 e. The lowest BCUT2D eigenvalue weighted by atomic mass is 10.1. The number of ether oxygens (including phenoxy) is 2. The van der Waals surface area contributed by atoms with E-state index in [9.17, 15) is 4.79 Å². The van der Waals surface area contributed by atoms with Crippen LogP contribution in [0.25, 0.3) is 0 Å². The molecule has 1 aliphatic rings. The molecule has 0 fully saturated rings. The van der Waals surface area contributed by atoms with E-state index in [2.05, 4.69) is 33.4 Å². The lowest BCUT2D eigenvalue weighted by Crippen LogP contribution is -2.36. The van der Waals surface area contributed by atoms with Crippen molar-refractivity contribution in [2.75, 3.05) is 20.3 Å². The van der Waals surface area contributed by atoms with Gasteiger partial charge in [0.2, 0.25) is 5.91 Å². The Kier molecular flexibility index (Phi) is 5.57. The zero-order valence-electron chi connectivity index (χ0n) is 11.8. The molecular formula is C15H20BrNO3. The predicted molar refractivity (Wildman–Crippen MR) is 80.6 cm³/mol. The second-order valence-electron chi connectivity index (χ2n) is 4.95. The van der Waals surface area contributed by atoms with E-state index < -0.39 is 6.10 Å². The van der Waals surface area contributed by atoms with Crippen LogP contribution in [0.2, 0.25) is 0 Å². The molecule has 110 valence electrons. The number of aryl methyl sites for hydroxylation is 1. The quantitative estimate of drug-likeness (QED) is 0.809. The Bertz CT molecular complexity index is 478. The van der Waals surface area contributed by atoms with E-state index in [0.717, 1.165) is 17.3 Å². The van der Waals surface area contributed by atoms with Gasteiger partial charge in [-0.1, -0.05) is 22.0 Å². The van der Waals surface area contributed by atoms with E-state index >= 15 is 0 Å². The van der Waals surface area contributed by atoms with Crippen LogP contribution in [0.4, 0.5) is 0 Å². The molecule has 2 unspecified atom stereocenters. The van der Waals surface area contributed by atoms with Gasteiger partial charge in [0.1, 0.15) is 6.10 Å². The van der Waals surface area contributed by atoms with Crippen molar-refractivity contribution in [3.05, 3.63) is 33.8 Å². The Labute approximate surface area is 128 Å². The summed E-state index contributed by atoms with van der Waals surface area (Å²) in [6, 6.07) is 6.31. The first-order valence-corrected chi connectivity index (χ1v) is 7.60. The van der Waals surface area contributed by atoms with Crippen LogP contribution in [-0.4, -0.2) is 32.3 Å². The number of hydrogen-bond donors (Lipinski definition) is 1. The minimum absolute atomic E-state index is 0.0677. The maximum atomic E-state index is 12.1. The molecule has 4 nitrogen and oxygen atoms in total. The Balaban J connectivity index is 1.90. The third-order valence-corrected chi connectivity index (χ3v) is 4.02. The summed E-state index contributed by atoms with van der Waals surface area (Å²) in [5.41, 5.74) is 2.52. The van der Waals surface area contributed by atoms with E-state index in [-0.39, 0.29) is 11.9 Å². The van der Waals surface area contributed by atoms with Crippen molar-refractivity contribution in [2.24, 2.45) is 0 Å². The molecule has 0 radical (unpaired) electrons. The van der Waals surface area contributed by atoms with Crippen molar-refractivity contribution in [3.63, 3.8) is 0 Å². The fourth-order valence-corrected chi connectivity index (χ4v) is 2.82. The largest absolute Gasteiger partial charge is 0.382 e. The van der Waals surface area contributed by atoms with Crippen LogP contribution in [0, 0.1) is 0 Å². The van der Waals surface area contributed by atoms with Crippen LogP contribution >= 0.6 is 15.9 Å². The van der Waals surface area contributed by atoms with Gasteiger partial charge >= 0.3 is 0 Å². The highest BCUT2D eigenvalue weighted by atomic mass is 79.9. The third-order valence-electron chi connectivity index (χ3n) is 3.52. The molecule has 0 aliphatic heterocycles.